The molecule has 2 atom stereocenters. The largest absolute Gasteiger partial charge is 0.391 e. The number of rotatable bonds is 3. The van der Waals surface area contributed by atoms with Crippen molar-refractivity contribution in [3.8, 4) is 0 Å². The zero-order valence-corrected chi connectivity index (χ0v) is 12.6. The highest BCUT2D eigenvalue weighted by Crippen LogP contribution is 2.26. The summed E-state index contributed by atoms with van der Waals surface area (Å²) < 4.78 is 27.4. The number of hydrogen-bond donors (Lipinski definition) is 2. The summed E-state index contributed by atoms with van der Waals surface area (Å²) in [6.45, 7) is 0. The average Bonchev–Trinajstić information content (AvgIpc) is 2.67. The van der Waals surface area contributed by atoms with Crippen LogP contribution >= 0.6 is 27.5 Å². The van der Waals surface area contributed by atoms with E-state index in [0.29, 0.717) is 22.3 Å². The van der Waals surface area contributed by atoms with Crippen LogP contribution in [0.1, 0.15) is 19.3 Å². The minimum Gasteiger partial charge on any atom is -0.391 e. The molecule has 100 valence electrons. The lowest BCUT2D eigenvalue weighted by Crippen LogP contribution is -2.39. The summed E-state index contributed by atoms with van der Waals surface area (Å²) in [6, 6.07) is 4.04. The summed E-state index contributed by atoms with van der Waals surface area (Å²) in [6.07, 6.45) is 1.51. The first-order valence-electron chi connectivity index (χ1n) is 5.55. The molecule has 0 bridgehead atoms. The molecule has 0 unspecified atom stereocenters. The van der Waals surface area contributed by atoms with Gasteiger partial charge in [0.1, 0.15) is 0 Å². The van der Waals surface area contributed by atoms with E-state index >= 15 is 0 Å². The molecular weight excluding hydrogens is 342 g/mol. The third-order valence-electron chi connectivity index (χ3n) is 2.99. The van der Waals surface area contributed by atoms with Gasteiger partial charge in [0.15, 0.2) is 0 Å². The molecule has 0 saturated heterocycles. The second-order valence-corrected chi connectivity index (χ2v) is 7.28. The highest BCUT2D eigenvalue weighted by atomic mass is 79.9. The van der Waals surface area contributed by atoms with Crippen molar-refractivity contribution in [2.45, 2.75) is 36.3 Å². The average molecular weight is 355 g/mol. The van der Waals surface area contributed by atoms with E-state index < -0.39 is 22.2 Å². The lowest BCUT2D eigenvalue weighted by atomic mass is 10.2. The molecule has 0 heterocycles. The van der Waals surface area contributed by atoms with Crippen molar-refractivity contribution >= 4 is 37.6 Å². The molecule has 0 radical (unpaired) electrons. The molecular formula is C11H13BrClNO3S. The Kier molecular flexibility index (Phi) is 4.33. The van der Waals surface area contributed by atoms with Crippen molar-refractivity contribution < 1.29 is 13.5 Å². The molecule has 0 aliphatic heterocycles. The number of nitrogens with one attached hydrogen (secondary N) is 1. The Morgan fingerprint density at radius 2 is 2.11 bits per heavy atom. The number of halogens is 2. The van der Waals surface area contributed by atoms with Crippen molar-refractivity contribution in [1.29, 1.82) is 0 Å². The maximum Gasteiger partial charge on any atom is 0.240 e. The minimum atomic E-state index is -3.63. The van der Waals surface area contributed by atoms with E-state index in [0.717, 1.165) is 6.42 Å². The molecule has 0 amide bonds. The van der Waals surface area contributed by atoms with Crippen LogP contribution in [0.4, 0.5) is 0 Å². The van der Waals surface area contributed by atoms with Crippen molar-refractivity contribution in [3.05, 3.63) is 27.7 Å². The topological polar surface area (TPSA) is 66.4 Å². The van der Waals surface area contributed by atoms with Crippen LogP contribution in [0.5, 0.6) is 0 Å². The molecule has 1 aliphatic rings. The maximum atomic E-state index is 12.1. The summed E-state index contributed by atoms with van der Waals surface area (Å²) in [5.74, 6) is 0. The van der Waals surface area contributed by atoms with E-state index in [9.17, 15) is 13.5 Å². The van der Waals surface area contributed by atoms with E-state index in [1.54, 1.807) is 6.07 Å². The third kappa shape index (κ3) is 3.05. The van der Waals surface area contributed by atoms with E-state index in [1.165, 1.54) is 12.1 Å². The maximum absolute atomic E-state index is 12.1. The minimum absolute atomic E-state index is 0.106. The summed E-state index contributed by atoms with van der Waals surface area (Å²) in [5, 5.41) is 9.98. The number of benzene rings is 1. The van der Waals surface area contributed by atoms with Crippen molar-refractivity contribution in [3.63, 3.8) is 0 Å². The fraction of sp³-hybridized carbons (Fsp3) is 0.455. The predicted octanol–water partition coefficient (Wildman–Crippen LogP) is 2.29. The van der Waals surface area contributed by atoms with Gasteiger partial charge < -0.3 is 5.11 Å². The van der Waals surface area contributed by atoms with Crippen LogP contribution in [0.2, 0.25) is 5.02 Å². The molecule has 1 aromatic rings. The summed E-state index contributed by atoms with van der Waals surface area (Å²) in [7, 11) is -3.63. The Morgan fingerprint density at radius 1 is 1.39 bits per heavy atom. The van der Waals surface area contributed by atoms with Gasteiger partial charge in [-0.25, -0.2) is 13.1 Å². The second-order valence-electron chi connectivity index (χ2n) is 4.30. The smallest absolute Gasteiger partial charge is 0.240 e. The SMILES string of the molecule is O=S(=O)(N[C@@H]1CCC[C@@H]1O)c1ccc(Br)c(Cl)c1. The van der Waals surface area contributed by atoms with Gasteiger partial charge in [-0.15, -0.1) is 0 Å². The van der Waals surface area contributed by atoms with Crippen LogP contribution in [0.15, 0.2) is 27.6 Å². The first kappa shape index (κ1) is 14.3. The molecule has 18 heavy (non-hydrogen) atoms. The molecule has 1 saturated carbocycles. The van der Waals surface area contributed by atoms with Gasteiger partial charge in [0.2, 0.25) is 10.0 Å². The Labute approximate surface area is 120 Å². The Bertz CT molecular complexity index is 549. The molecule has 1 fully saturated rings. The first-order valence-corrected chi connectivity index (χ1v) is 8.21. The molecule has 0 spiro atoms. The molecule has 7 heteroatoms. The van der Waals surface area contributed by atoms with Gasteiger partial charge >= 0.3 is 0 Å². The molecule has 4 nitrogen and oxygen atoms in total. The third-order valence-corrected chi connectivity index (χ3v) is 5.71. The van der Waals surface area contributed by atoms with Gasteiger partial charge in [0, 0.05) is 10.5 Å². The molecule has 0 aromatic heterocycles. The zero-order chi connectivity index (χ0) is 13.3. The number of aliphatic hydroxyl groups excluding tert-OH is 1. The van der Waals surface area contributed by atoms with Crippen molar-refractivity contribution in [2.75, 3.05) is 0 Å². The molecule has 2 rings (SSSR count). The standard InChI is InChI=1S/C11H13BrClNO3S/c12-8-5-4-7(6-9(8)13)18(16,17)14-10-2-1-3-11(10)15/h4-6,10-11,14-15H,1-3H2/t10-,11+/m1/s1. The Balaban J connectivity index is 2.22. The van der Waals surface area contributed by atoms with Crippen LogP contribution in [-0.2, 0) is 10.0 Å². The summed E-state index contributed by atoms with van der Waals surface area (Å²) in [4.78, 5) is 0.106. The highest BCUT2D eigenvalue weighted by Gasteiger charge is 2.29. The first-order chi connectivity index (χ1) is 8.40. The van der Waals surface area contributed by atoms with Crippen LogP contribution in [0.25, 0.3) is 0 Å². The molecule has 1 aliphatic carbocycles. The van der Waals surface area contributed by atoms with Crippen LogP contribution < -0.4 is 4.72 Å². The number of hydrogen-bond acceptors (Lipinski definition) is 3. The van der Waals surface area contributed by atoms with E-state index in [1.807, 2.05) is 0 Å². The lowest BCUT2D eigenvalue weighted by molar-refractivity contribution is 0.159. The molecule has 1 aromatic carbocycles. The quantitative estimate of drug-likeness (QED) is 0.875. The fourth-order valence-corrected chi connectivity index (χ4v) is 3.81. The number of aliphatic hydroxyl groups is 1. The van der Waals surface area contributed by atoms with Crippen LogP contribution in [-0.4, -0.2) is 25.7 Å². The van der Waals surface area contributed by atoms with E-state index in [-0.39, 0.29) is 4.90 Å². The van der Waals surface area contributed by atoms with Crippen molar-refractivity contribution in [1.82, 2.24) is 4.72 Å². The van der Waals surface area contributed by atoms with Gasteiger partial charge in [-0.2, -0.15) is 0 Å². The van der Waals surface area contributed by atoms with Gasteiger partial charge in [-0.1, -0.05) is 11.6 Å². The normalized spacial score (nSPS) is 24.4. The van der Waals surface area contributed by atoms with E-state index in [2.05, 4.69) is 20.7 Å². The molecule has 2 N–H and O–H groups in total. The zero-order valence-electron chi connectivity index (χ0n) is 9.44. The van der Waals surface area contributed by atoms with Crippen LogP contribution in [0.3, 0.4) is 0 Å². The van der Waals surface area contributed by atoms with Gasteiger partial charge in [0.05, 0.1) is 16.0 Å². The summed E-state index contributed by atoms with van der Waals surface area (Å²) >= 11 is 9.08. The highest BCUT2D eigenvalue weighted by molar-refractivity contribution is 9.10. The van der Waals surface area contributed by atoms with Crippen molar-refractivity contribution in [2.24, 2.45) is 0 Å². The summed E-state index contributed by atoms with van der Waals surface area (Å²) in [5.41, 5.74) is 0. The van der Waals surface area contributed by atoms with Gasteiger partial charge in [-0.3, -0.25) is 0 Å². The monoisotopic (exact) mass is 353 g/mol. The van der Waals surface area contributed by atoms with Gasteiger partial charge in [0.25, 0.3) is 0 Å². The Morgan fingerprint density at radius 3 is 2.67 bits per heavy atom. The predicted molar refractivity (Wildman–Crippen MR) is 73.1 cm³/mol. The fourth-order valence-electron chi connectivity index (χ4n) is 1.99. The van der Waals surface area contributed by atoms with Crippen LogP contribution in [0, 0.1) is 0 Å². The number of sulfonamides is 1. The Hall–Kier alpha value is -0.140. The van der Waals surface area contributed by atoms with Gasteiger partial charge in [-0.05, 0) is 53.4 Å². The van der Waals surface area contributed by atoms with E-state index in [4.69, 9.17) is 11.6 Å². The second kappa shape index (κ2) is 5.46. The lowest BCUT2D eigenvalue weighted by Gasteiger charge is -2.16.